The summed E-state index contributed by atoms with van der Waals surface area (Å²) in [6, 6.07) is 10.0. The summed E-state index contributed by atoms with van der Waals surface area (Å²) in [7, 11) is 0. The van der Waals surface area contributed by atoms with Crippen LogP contribution in [0.15, 0.2) is 30.3 Å². The second-order valence-corrected chi connectivity index (χ2v) is 3.15. The van der Waals surface area contributed by atoms with Crippen LogP contribution >= 0.6 is 0 Å². The number of aliphatic hydroxyl groups excluding tert-OH is 2. The first-order chi connectivity index (χ1) is 5.96. The Balaban J connectivity index is -0.0000000575. The summed E-state index contributed by atoms with van der Waals surface area (Å²) in [6.07, 6.45) is -0.333. The van der Waals surface area contributed by atoms with Gasteiger partial charge in [0.1, 0.15) is 0 Å². The van der Waals surface area contributed by atoms with E-state index in [1.54, 1.807) is 27.7 Å². The zero-order chi connectivity index (χ0) is 10.7. The number of aliphatic hydroxyl groups is 2. The Morgan fingerprint density at radius 2 is 1.07 bits per heavy atom. The van der Waals surface area contributed by atoms with Crippen molar-refractivity contribution in [3.8, 4) is 0 Å². The SMILES string of the molecule is CC(C)O.CC(C)O.[Cl-].[Ti+2].c1cc[cH-]c1. The van der Waals surface area contributed by atoms with Crippen LogP contribution in [-0.2, 0) is 21.7 Å². The van der Waals surface area contributed by atoms with Crippen LogP contribution in [0.5, 0.6) is 0 Å². The molecule has 1 aromatic carbocycles. The van der Waals surface area contributed by atoms with Crippen molar-refractivity contribution in [1.82, 2.24) is 0 Å². The molecule has 2 N–H and O–H groups in total. The Bertz CT molecular complexity index is 125. The fraction of sp³-hybridized carbons (Fsp3) is 0.545. The number of hydrogen-bond donors (Lipinski definition) is 2. The van der Waals surface area contributed by atoms with Gasteiger partial charge in [-0.05, 0) is 27.7 Å². The molecule has 0 radical (unpaired) electrons. The van der Waals surface area contributed by atoms with Gasteiger partial charge in [-0.2, -0.15) is 18.2 Å². The third-order valence-electron chi connectivity index (χ3n) is 0.556. The van der Waals surface area contributed by atoms with Gasteiger partial charge in [-0.25, -0.2) is 12.1 Å². The van der Waals surface area contributed by atoms with Crippen molar-refractivity contribution in [2.24, 2.45) is 0 Å². The molecule has 0 saturated heterocycles. The zero-order valence-electron chi connectivity index (χ0n) is 9.81. The first-order valence-electron chi connectivity index (χ1n) is 4.49. The van der Waals surface area contributed by atoms with E-state index in [9.17, 15) is 0 Å². The van der Waals surface area contributed by atoms with Gasteiger partial charge in [-0.3, -0.25) is 0 Å². The van der Waals surface area contributed by atoms with Crippen molar-refractivity contribution < 1.29 is 44.3 Å². The maximum absolute atomic E-state index is 8.06. The largest absolute Gasteiger partial charge is 2.00 e. The molecule has 2 nitrogen and oxygen atoms in total. The maximum atomic E-state index is 8.06. The van der Waals surface area contributed by atoms with Gasteiger partial charge in [0, 0.05) is 12.2 Å². The molecule has 4 heteroatoms. The molecule has 0 unspecified atom stereocenters. The van der Waals surface area contributed by atoms with Crippen LogP contribution < -0.4 is 12.4 Å². The van der Waals surface area contributed by atoms with Crippen LogP contribution in [0.1, 0.15) is 27.7 Å². The van der Waals surface area contributed by atoms with E-state index < -0.39 is 0 Å². The Morgan fingerprint density at radius 1 is 0.867 bits per heavy atom. The van der Waals surface area contributed by atoms with Crippen LogP contribution in [0.3, 0.4) is 0 Å². The van der Waals surface area contributed by atoms with Crippen LogP contribution in [0.2, 0.25) is 0 Å². The molecular formula is C11H21ClO2Ti. The van der Waals surface area contributed by atoms with Crippen molar-refractivity contribution in [3.63, 3.8) is 0 Å². The molecule has 0 aliphatic rings. The minimum Gasteiger partial charge on any atom is -1.00 e. The van der Waals surface area contributed by atoms with Crippen molar-refractivity contribution in [2.45, 2.75) is 39.9 Å². The summed E-state index contributed by atoms with van der Waals surface area (Å²) in [5.74, 6) is 0. The van der Waals surface area contributed by atoms with Crippen LogP contribution in [0.25, 0.3) is 0 Å². The van der Waals surface area contributed by atoms with E-state index in [1.807, 2.05) is 30.3 Å². The summed E-state index contributed by atoms with van der Waals surface area (Å²) in [4.78, 5) is 0. The maximum Gasteiger partial charge on any atom is 2.00 e. The molecule has 0 aliphatic carbocycles. The quantitative estimate of drug-likeness (QED) is 0.477. The monoisotopic (exact) mass is 268 g/mol. The normalized spacial score (nSPS) is 7.47. The smallest absolute Gasteiger partial charge is 1.00 e. The number of halogens is 1. The van der Waals surface area contributed by atoms with Gasteiger partial charge in [0.2, 0.25) is 0 Å². The van der Waals surface area contributed by atoms with Gasteiger partial charge in [0.05, 0.1) is 0 Å². The third kappa shape index (κ3) is 77.3. The second-order valence-electron chi connectivity index (χ2n) is 3.15. The molecule has 0 atom stereocenters. The van der Waals surface area contributed by atoms with Crippen molar-refractivity contribution >= 4 is 0 Å². The molecule has 1 rings (SSSR count). The first-order valence-corrected chi connectivity index (χ1v) is 4.49. The molecule has 0 saturated carbocycles. The Morgan fingerprint density at radius 3 is 1.13 bits per heavy atom. The summed E-state index contributed by atoms with van der Waals surface area (Å²) < 4.78 is 0. The summed E-state index contributed by atoms with van der Waals surface area (Å²) >= 11 is 0. The molecule has 0 bridgehead atoms. The molecule has 1 aromatic rings. The van der Waals surface area contributed by atoms with Gasteiger partial charge in [0.25, 0.3) is 0 Å². The topological polar surface area (TPSA) is 40.5 Å². The molecule has 0 amide bonds. The molecule has 0 fully saturated rings. The van der Waals surface area contributed by atoms with E-state index in [1.165, 1.54) is 0 Å². The molecule has 0 aromatic heterocycles. The molecule has 0 heterocycles. The summed E-state index contributed by atoms with van der Waals surface area (Å²) in [6.45, 7) is 6.89. The van der Waals surface area contributed by atoms with Crippen molar-refractivity contribution in [2.75, 3.05) is 0 Å². The molecule has 0 spiro atoms. The van der Waals surface area contributed by atoms with E-state index in [0.717, 1.165) is 0 Å². The minimum absolute atomic E-state index is 0. The van der Waals surface area contributed by atoms with E-state index in [4.69, 9.17) is 10.2 Å². The zero-order valence-corrected chi connectivity index (χ0v) is 12.1. The fourth-order valence-electron chi connectivity index (χ4n) is 0.321. The number of hydrogen-bond acceptors (Lipinski definition) is 2. The predicted molar refractivity (Wildman–Crippen MR) is 56.7 cm³/mol. The summed E-state index contributed by atoms with van der Waals surface area (Å²) in [5.41, 5.74) is 0. The average Bonchev–Trinajstić information content (AvgIpc) is 2.35. The molecule has 88 valence electrons. The first kappa shape index (κ1) is 24.5. The van der Waals surface area contributed by atoms with Crippen molar-refractivity contribution in [3.05, 3.63) is 30.3 Å². The predicted octanol–water partition coefficient (Wildman–Crippen LogP) is -0.819. The van der Waals surface area contributed by atoms with Crippen LogP contribution in [0, 0.1) is 0 Å². The molecular weight excluding hydrogens is 247 g/mol. The van der Waals surface area contributed by atoms with Gasteiger partial charge >= 0.3 is 21.7 Å². The minimum atomic E-state index is -0.167. The molecule has 15 heavy (non-hydrogen) atoms. The van der Waals surface area contributed by atoms with E-state index in [-0.39, 0.29) is 46.3 Å². The Labute approximate surface area is 114 Å². The second kappa shape index (κ2) is 19.8. The van der Waals surface area contributed by atoms with E-state index in [2.05, 4.69) is 0 Å². The standard InChI is InChI=1S/C5H5.2C3H8O.ClH.Ti/c1-2-4-5-3-1;2*1-3(2)4;;/h1-5H;2*3-4H,1-2H3;1H;/q-1;;;;+2/p-1. The van der Waals surface area contributed by atoms with E-state index in [0.29, 0.717) is 0 Å². The Kier molecular flexibility index (Phi) is 32.3. The molecule has 0 aliphatic heterocycles. The summed E-state index contributed by atoms with van der Waals surface area (Å²) in [5, 5.41) is 16.1. The van der Waals surface area contributed by atoms with Crippen LogP contribution in [0.4, 0.5) is 0 Å². The Hall–Kier alpha value is 0.274. The van der Waals surface area contributed by atoms with Gasteiger partial charge < -0.3 is 22.6 Å². The average molecular weight is 269 g/mol. The van der Waals surface area contributed by atoms with Gasteiger partial charge in [0.15, 0.2) is 0 Å². The fourth-order valence-corrected chi connectivity index (χ4v) is 0.321. The van der Waals surface area contributed by atoms with Gasteiger partial charge in [-0.1, -0.05) is 0 Å². The van der Waals surface area contributed by atoms with Gasteiger partial charge in [-0.15, -0.1) is 0 Å². The third-order valence-corrected chi connectivity index (χ3v) is 0.556. The van der Waals surface area contributed by atoms with E-state index >= 15 is 0 Å². The van der Waals surface area contributed by atoms with Crippen LogP contribution in [-0.4, -0.2) is 22.4 Å². The van der Waals surface area contributed by atoms with Crippen molar-refractivity contribution in [1.29, 1.82) is 0 Å². The number of rotatable bonds is 0.